The molecule has 1 unspecified atom stereocenters. The summed E-state index contributed by atoms with van der Waals surface area (Å²) in [5.74, 6) is 0.787. The molecule has 0 aliphatic heterocycles. The molecule has 1 atom stereocenters. The van der Waals surface area contributed by atoms with Crippen LogP contribution >= 0.6 is 15.9 Å². The molecule has 0 spiro atoms. The average molecular weight is 358 g/mol. The molecule has 0 amide bonds. The summed E-state index contributed by atoms with van der Waals surface area (Å²) in [5, 5.41) is 0. The lowest BCUT2D eigenvalue weighted by Crippen LogP contribution is -2.13. The fraction of sp³-hybridized carbons (Fsp3) is 0.200. The zero-order chi connectivity index (χ0) is 15.4. The Morgan fingerprint density at radius 2 is 1.86 bits per heavy atom. The molecule has 112 valence electrons. The van der Waals surface area contributed by atoms with E-state index in [0.717, 1.165) is 10.0 Å². The van der Waals surface area contributed by atoms with Gasteiger partial charge in [0.25, 0.3) is 0 Å². The first-order chi connectivity index (χ1) is 10.0. The molecule has 2 aromatic carbocycles. The minimum atomic E-state index is -2.86. The summed E-state index contributed by atoms with van der Waals surface area (Å²) >= 11 is 3.43. The third-order valence-electron chi connectivity index (χ3n) is 2.99. The van der Waals surface area contributed by atoms with Crippen LogP contribution in [0.3, 0.4) is 0 Å². The SMILES string of the molecule is COc1ccc(C(N)c2cccc(OC(F)F)c2)c(Br)c1. The van der Waals surface area contributed by atoms with Crippen LogP contribution in [0.1, 0.15) is 17.2 Å². The van der Waals surface area contributed by atoms with Crippen LogP contribution in [-0.2, 0) is 0 Å². The van der Waals surface area contributed by atoms with Gasteiger partial charge in [-0.3, -0.25) is 0 Å². The Bertz CT molecular complexity index is 622. The fourth-order valence-electron chi connectivity index (χ4n) is 1.95. The largest absolute Gasteiger partial charge is 0.497 e. The normalized spacial score (nSPS) is 12.3. The van der Waals surface area contributed by atoms with Crippen LogP contribution in [0, 0.1) is 0 Å². The van der Waals surface area contributed by atoms with Crippen molar-refractivity contribution in [2.24, 2.45) is 5.73 Å². The molecular formula is C15H14BrF2NO2. The molecular weight excluding hydrogens is 344 g/mol. The number of rotatable bonds is 5. The van der Waals surface area contributed by atoms with Crippen molar-refractivity contribution in [3.8, 4) is 11.5 Å². The Labute approximate surface area is 129 Å². The highest BCUT2D eigenvalue weighted by molar-refractivity contribution is 9.10. The fourth-order valence-corrected chi connectivity index (χ4v) is 2.56. The van der Waals surface area contributed by atoms with E-state index in [1.807, 2.05) is 6.07 Å². The minimum absolute atomic E-state index is 0.0857. The van der Waals surface area contributed by atoms with Crippen LogP contribution in [0.15, 0.2) is 46.9 Å². The zero-order valence-corrected chi connectivity index (χ0v) is 12.8. The van der Waals surface area contributed by atoms with Crippen LogP contribution in [0.2, 0.25) is 0 Å². The summed E-state index contributed by atoms with van der Waals surface area (Å²) in [5.41, 5.74) is 7.70. The maximum atomic E-state index is 12.2. The van der Waals surface area contributed by atoms with Crippen molar-refractivity contribution < 1.29 is 18.3 Å². The Kier molecular flexibility index (Phi) is 5.14. The topological polar surface area (TPSA) is 44.5 Å². The summed E-state index contributed by atoms with van der Waals surface area (Å²) in [4.78, 5) is 0. The molecule has 0 aliphatic carbocycles. The molecule has 2 rings (SSSR count). The lowest BCUT2D eigenvalue weighted by atomic mass is 9.99. The molecule has 0 radical (unpaired) electrons. The molecule has 2 aromatic rings. The van der Waals surface area contributed by atoms with Gasteiger partial charge in [0.05, 0.1) is 13.2 Å². The van der Waals surface area contributed by atoms with Crippen molar-refractivity contribution in [2.75, 3.05) is 7.11 Å². The highest BCUT2D eigenvalue weighted by Gasteiger charge is 2.14. The number of methoxy groups -OCH3 is 1. The Hall–Kier alpha value is -1.66. The number of benzene rings is 2. The predicted molar refractivity (Wildman–Crippen MR) is 79.8 cm³/mol. The maximum absolute atomic E-state index is 12.2. The van der Waals surface area contributed by atoms with Gasteiger partial charge in [0, 0.05) is 4.47 Å². The molecule has 0 saturated heterocycles. The van der Waals surface area contributed by atoms with Gasteiger partial charge >= 0.3 is 6.61 Å². The summed E-state index contributed by atoms with van der Waals surface area (Å²) < 4.78 is 34.8. The molecule has 21 heavy (non-hydrogen) atoms. The van der Waals surface area contributed by atoms with Gasteiger partial charge in [0.15, 0.2) is 0 Å². The van der Waals surface area contributed by atoms with E-state index in [4.69, 9.17) is 10.5 Å². The second kappa shape index (κ2) is 6.87. The van der Waals surface area contributed by atoms with Crippen LogP contribution in [0.5, 0.6) is 11.5 Å². The van der Waals surface area contributed by atoms with Crippen LogP contribution in [0.25, 0.3) is 0 Å². The summed E-state index contributed by atoms with van der Waals surface area (Å²) in [6.07, 6.45) is 0. The van der Waals surface area contributed by atoms with Gasteiger partial charge in [-0.25, -0.2) is 0 Å². The molecule has 0 saturated carbocycles. The molecule has 3 nitrogen and oxygen atoms in total. The first-order valence-electron chi connectivity index (χ1n) is 6.15. The first-order valence-corrected chi connectivity index (χ1v) is 6.94. The third kappa shape index (κ3) is 3.92. The molecule has 6 heteroatoms. The molecule has 0 fully saturated rings. The van der Waals surface area contributed by atoms with E-state index in [-0.39, 0.29) is 5.75 Å². The average Bonchev–Trinajstić information content (AvgIpc) is 2.46. The van der Waals surface area contributed by atoms with E-state index >= 15 is 0 Å². The highest BCUT2D eigenvalue weighted by atomic mass is 79.9. The van der Waals surface area contributed by atoms with Gasteiger partial charge in [0.2, 0.25) is 0 Å². The smallest absolute Gasteiger partial charge is 0.387 e. The third-order valence-corrected chi connectivity index (χ3v) is 3.67. The number of ether oxygens (including phenoxy) is 2. The Morgan fingerprint density at radius 1 is 1.10 bits per heavy atom. The van der Waals surface area contributed by atoms with E-state index in [1.54, 1.807) is 31.4 Å². The van der Waals surface area contributed by atoms with Crippen LogP contribution in [0.4, 0.5) is 8.78 Å². The Morgan fingerprint density at radius 3 is 2.48 bits per heavy atom. The van der Waals surface area contributed by atoms with E-state index in [1.165, 1.54) is 12.1 Å². The molecule has 0 heterocycles. The lowest BCUT2D eigenvalue weighted by molar-refractivity contribution is -0.0498. The monoisotopic (exact) mass is 357 g/mol. The van der Waals surface area contributed by atoms with Gasteiger partial charge < -0.3 is 15.2 Å². The van der Waals surface area contributed by atoms with Crippen molar-refractivity contribution >= 4 is 15.9 Å². The van der Waals surface area contributed by atoms with E-state index < -0.39 is 12.7 Å². The summed E-state index contributed by atoms with van der Waals surface area (Å²) in [7, 11) is 1.58. The number of halogens is 3. The highest BCUT2D eigenvalue weighted by Crippen LogP contribution is 2.31. The predicted octanol–water partition coefficient (Wildman–Crippen LogP) is 4.11. The van der Waals surface area contributed by atoms with Crippen molar-refractivity contribution in [3.05, 3.63) is 58.1 Å². The second-order valence-corrected chi connectivity index (χ2v) is 5.17. The first kappa shape index (κ1) is 15.7. The van der Waals surface area contributed by atoms with Gasteiger partial charge in [0.1, 0.15) is 11.5 Å². The minimum Gasteiger partial charge on any atom is -0.497 e. The van der Waals surface area contributed by atoms with Crippen LogP contribution < -0.4 is 15.2 Å². The van der Waals surface area contributed by atoms with Crippen molar-refractivity contribution in [1.82, 2.24) is 0 Å². The zero-order valence-electron chi connectivity index (χ0n) is 11.2. The molecule has 0 bridgehead atoms. The lowest BCUT2D eigenvalue weighted by Gasteiger charge is -2.16. The van der Waals surface area contributed by atoms with Crippen molar-refractivity contribution in [3.63, 3.8) is 0 Å². The van der Waals surface area contributed by atoms with Gasteiger partial charge in [-0.2, -0.15) is 8.78 Å². The summed E-state index contributed by atoms with van der Waals surface area (Å²) in [6, 6.07) is 11.3. The van der Waals surface area contributed by atoms with Crippen molar-refractivity contribution in [1.29, 1.82) is 0 Å². The van der Waals surface area contributed by atoms with E-state index in [2.05, 4.69) is 20.7 Å². The van der Waals surface area contributed by atoms with Crippen molar-refractivity contribution in [2.45, 2.75) is 12.7 Å². The number of alkyl halides is 2. The number of hydrogen-bond acceptors (Lipinski definition) is 3. The summed E-state index contributed by atoms with van der Waals surface area (Å²) in [6.45, 7) is -2.86. The van der Waals surface area contributed by atoms with Crippen LogP contribution in [-0.4, -0.2) is 13.7 Å². The quantitative estimate of drug-likeness (QED) is 0.875. The van der Waals surface area contributed by atoms with Gasteiger partial charge in [-0.05, 0) is 35.4 Å². The molecule has 0 aromatic heterocycles. The van der Waals surface area contributed by atoms with Gasteiger partial charge in [-0.15, -0.1) is 0 Å². The van der Waals surface area contributed by atoms with E-state index in [9.17, 15) is 8.78 Å². The second-order valence-electron chi connectivity index (χ2n) is 4.32. The number of nitrogens with two attached hydrogens (primary N) is 1. The van der Waals surface area contributed by atoms with E-state index in [0.29, 0.717) is 11.3 Å². The Balaban J connectivity index is 2.29. The maximum Gasteiger partial charge on any atom is 0.387 e. The molecule has 0 aliphatic rings. The molecule has 2 N–H and O–H groups in total. The van der Waals surface area contributed by atoms with Gasteiger partial charge in [-0.1, -0.05) is 34.1 Å². The standard InChI is InChI=1S/C15H14BrF2NO2/c1-20-10-5-6-12(13(16)8-10)14(19)9-3-2-4-11(7-9)21-15(17)18/h2-8,14-15H,19H2,1H3. The number of hydrogen-bond donors (Lipinski definition) is 1.